The van der Waals surface area contributed by atoms with Crippen molar-refractivity contribution in [3.05, 3.63) is 90.0 Å². The Bertz CT molecular complexity index is 1200. The van der Waals surface area contributed by atoms with Crippen molar-refractivity contribution < 1.29 is 27.4 Å². The van der Waals surface area contributed by atoms with E-state index in [1.54, 1.807) is 6.92 Å². The smallest absolute Gasteiger partial charge is 0.416 e. The highest BCUT2D eigenvalue weighted by molar-refractivity contribution is 8.01. The molecule has 1 unspecified atom stereocenters. The highest BCUT2D eigenvalue weighted by Gasteiger charge is 2.34. The molecule has 0 N–H and O–H groups in total. The van der Waals surface area contributed by atoms with Crippen LogP contribution in [0.3, 0.4) is 0 Å². The molecule has 0 amide bonds. The number of ether oxygens (including phenoxy) is 2. The zero-order valence-corrected chi connectivity index (χ0v) is 22.2. The molecule has 0 fully saturated rings. The maximum atomic E-state index is 12.8. The molecule has 3 aromatic rings. The number of halogens is 3. The van der Waals surface area contributed by atoms with Gasteiger partial charge in [-0.15, -0.1) is 11.8 Å². The van der Waals surface area contributed by atoms with Gasteiger partial charge in [-0.05, 0) is 91.9 Å². The van der Waals surface area contributed by atoms with Crippen LogP contribution in [0.1, 0.15) is 45.2 Å². The number of hydrogen-bond donors (Lipinski definition) is 0. The fourth-order valence-corrected chi connectivity index (χ4v) is 4.64. The zero-order valence-electron chi connectivity index (χ0n) is 21.4. The van der Waals surface area contributed by atoms with Gasteiger partial charge in [-0.2, -0.15) is 13.2 Å². The molecule has 0 aliphatic carbocycles. The average molecular weight is 529 g/mol. The molecule has 196 valence electrons. The second-order valence-electron chi connectivity index (χ2n) is 8.73. The van der Waals surface area contributed by atoms with Crippen molar-refractivity contribution in [2.45, 2.75) is 49.9 Å². The van der Waals surface area contributed by atoms with E-state index in [0.717, 1.165) is 45.0 Å². The first-order valence-corrected chi connectivity index (χ1v) is 12.9. The van der Waals surface area contributed by atoms with Crippen LogP contribution in [0, 0.1) is 0 Å². The molecule has 7 heteroatoms. The second-order valence-corrected chi connectivity index (χ2v) is 10.3. The first-order valence-electron chi connectivity index (χ1n) is 12.1. The van der Waals surface area contributed by atoms with Crippen LogP contribution in [0.25, 0.3) is 16.7 Å². The lowest BCUT2D eigenvalue weighted by atomic mass is 10.00. The summed E-state index contributed by atoms with van der Waals surface area (Å²) in [6.45, 7) is 8.39. The molecule has 0 aromatic heterocycles. The number of alkyl halides is 3. The summed E-state index contributed by atoms with van der Waals surface area (Å²) in [4.78, 5) is 13.3. The monoisotopic (exact) mass is 528 g/mol. The molecule has 3 rings (SSSR count). The number of esters is 1. The summed E-state index contributed by atoms with van der Waals surface area (Å²) in [5.74, 6) is 0.510. The Hall–Kier alpha value is -3.19. The molecule has 0 aliphatic rings. The molecule has 0 bridgehead atoms. The fraction of sp³-hybridized carbons (Fsp3) is 0.300. The number of thioether (sulfide) groups is 1. The lowest BCUT2D eigenvalue weighted by Gasteiger charge is -2.25. The molecular formula is C30H31F3O3S. The minimum Gasteiger partial charge on any atom is -0.490 e. The average Bonchev–Trinajstić information content (AvgIpc) is 2.89. The summed E-state index contributed by atoms with van der Waals surface area (Å²) < 4.78 is 48.8. The maximum Gasteiger partial charge on any atom is 0.416 e. The van der Waals surface area contributed by atoms with Gasteiger partial charge in [-0.3, -0.25) is 4.79 Å². The number of rotatable bonds is 10. The lowest BCUT2D eigenvalue weighted by Crippen LogP contribution is -2.32. The standard InChI is InChI=1S/C30H31F3O3S/c1-5-29(4,28(34)35-6-2)37-27-17-15-26(16-18-27)36-20-19-21(3)22-7-9-23(10-8-22)24-11-13-25(14-12-24)30(31,32)33/h7-19H,5-6,20H2,1-4H3/b21-19+. The van der Waals surface area contributed by atoms with Crippen LogP contribution in [0.2, 0.25) is 0 Å². The molecule has 0 heterocycles. The van der Waals surface area contributed by atoms with Crippen LogP contribution in [0.4, 0.5) is 13.2 Å². The van der Waals surface area contributed by atoms with E-state index in [0.29, 0.717) is 19.6 Å². The third kappa shape index (κ3) is 7.65. The second kappa shape index (κ2) is 12.4. The van der Waals surface area contributed by atoms with Gasteiger partial charge in [0, 0.05) is 4.90 Å². The highest BCUT2D eigenvalue weighted by atomic mass is 32.2. The van der Waals surface area contributed by atoms with Gasteiger partial charge in [-0.25, -0.2) is 0 Å². The minimum atomic E-state index is -4.34. The van der Waals surface area contributed by atoms with Crippen molar-refractivity contribution in [2.75, 3.05) is 13.2 Å². The molecule has 0 aliphatic heterocycles. The van der Waals surface area contributed by atoms with Crippen molar-refractivity contribution in [1.82, 2.24) is 0 Å². The zero-order chi connectivity index (χ0) is 27.1. The van der Waals surface area contributed by atoms with Gasteiger partial charge < -0.3 is 9.47 Å². The van der Waals surface area contributed by atoms with Gasteiger partial charge in [0.2, 0.25) is 0 Å². The van der Waals surface area contributed by atoms with Crippen molar-refractivity contribution in [1.29, 1.82) is 0 Å². The SMILES string of the molecule is CCOC(=O)C(C)(CC)Sc1ccc(OC/C=C(\C)c2ccc(-c3ccc(C(F)(F)F)cc3)cc2)cc1. The normalized spacial score (nSPS) is 13.6. The number of carbonyl (C=O) groups is 1. The Morgan fingerprint density at radius 3 is 1.97 bits per heavy atom. The first-order chi connectivity index (χ1) is 17.6. The van der Waals surface area contributed by atoms with Gasteiger partial charge in [0.05, 0.1) is 12.2 Å². The van der Waals surface area contributed by atoms with Gasteiger partial charge in [0.15, 0.2) is 0 Å². The van der Waals surface area contributed by atoms with Crippen molar-refractivity contribution in [2.24, 2.45) is 0 Å². The topological polar surface area (TPSA) is 35.5 Å². The first kappa shape index (κ1) is 28.4. The fourth-order valence-electron chi connectivity index (χ4n) is 3.56. The number of allylic oxidation sites excluding steroid dienone is 1. The van der Waals surface area contributed by atoms with E-state index in [1.165, 1.54) is 23.9 Å². The Morgan fingerprint density at radius 1 is 0.892 bits per heavy atom. The van der Waals surface area contributed by atoms with E-state index < -0.39 is 16.5 Å². The van der Waals surface area contributed by atoms with E-state index in [4.69, 9.17) is 9.47 Å². The number of benzene rings is 3. The summed E-state index contributed by atoms with van der Waals surface area (Å²) in [7, 11) is 0. The number of hydrogen-bond acceptors (Lipinski definition) is 4. The van der Waals surface area contributed by atoms with Gasteiger partial charge in [-0.1, -0.05) is 43.3 Å². The Kier molecular flexibility index (Phi) is 9.49. The van der Waals surface area contributed by atoms with E-state index in [2.05, 4.69) is 0 Å². The quantitative estimate of drug-likeness (QED) is 0.195. The Balaban J connectivity index is 1.57. The third-order valence-corrected chi connectivity index (χ3v) is 7.49. The van der Waals surface area contributed by atoms with E-state index >= 15 is 0 Å². The van der Waals surface area contributed by atoms with E-state index in [9.17, 15) is 18.0 Å². The molecule has 0 saturated heterocycles. The summed E-state index contributed by atoms with van der Waals surface area (Å²) in [5.41, 5.74) is 2.95. The van der Waals surface area contributed by atoms with Crippen LogP contribution in [-0.4, -0.2) is 23.9 Å². The molecule has 3 nitrogen and oxygen atoms in total. The minimum absolute atomic E-state index is 0.212. The van der Waals surface area contributed by atoms with Gasteiger partial charge >= 0.3 is 12.1 Å². The Labute approximate surface area is 220 Å². The van der Waals surface area contributed by atoms with Crippen LogP contribution >= 0.6 is 11.8 Å². The predicted molar refractivity (Wildman–Crippen MR) is 144 cm³/mol. The van der Waals surface area contributed by atoms with Crippen molar-refractivity contribution in [3.63, 3.8) is 0 Å². The highest BCUT2D eigenvalue weighted by Crippen LogP contribution is 2.37. The van der Waals surface area contributed by atoms with Crippen molar-refractivity contribution >= 4 is 23.3 Å². The van der Waals surface area contributed by atoms with Crippen LogP contribution in [-0.2, 0) is 15.7 Å². The summed E-state index contributed by atoms with van der Waals surface area (Å²) in [5, 5.41) is 0. The summed E-state index contributed by atoms with van der Waals surface area (Å²) in [6, 6.07) is 20.5. The summed E-state index contributed by atoms with van der Waals surface area (Å²) >= 11 is 1.48. The number of carbonyl (C=O) groups excluding carboxylic acids is 1. The molecular weight excluding hydrogens is 497 g/mol. The van der Waals surface area contributed by atoms with E-state index in [1.807, 2.05) is 75.4 Å². The van der Waals surface area contributed by atoms with Crippen LogP contribution in [0.5, 0.6) is 5.75 Å². The molecule has 1 atom stereocenters. The largest absolute Gasteiger partial charge is 0.490 e. The predicted octanol–water partition coefficient (Wildman–Crippen LogP) is 8.68. The Morgan fingerprint density at radius 2 is 1.46 bits per heavy atom. The summed E-state index contributed by atoms with van der Waals surface area (Å²) in [6.07, 6.45) is -1.71. The molecule has 0 saturated carbocycles. The van der Waals surface area contributed by atoms with Crippen molar-refractivity contribution in [3.8, 4) is 16.9 Å². The van der Waals surface area contributed by atoms with Crippen LogP contribution in [0.15, 0.2) is 83.8 Å². The van der Waals surface area contributed by atoms with E-state index in [-0.39, 0.29) is 5.97 Å². The lowest BCUT2D eigenvalue weighted by molar-refractivity contribution is -0.145. The molecule has 0 spiro atoms. The third-order valence-electron chi connectivity index (χ3n) is 6.07. The molecule has 3 aromatic carbocycles. The molecule has 37 heavy (non-hydrogen) atoms. The van der Waals surface area contributed by atoms with Gasteiger partial charge in [0.1, 0.15) is 17.1 Å². The molecule has 0 radical (unpaired) electrons. The van der Waals surface area contributed by atoms with Crippen LogP contribution < -0.4 is 4.74 Å². The van der Waals surface area contributed by atoms with Gasteiger partial charge in [0.25, 0.3) is 0 Å². The maximum absolute atomic E-state index is 12.8.